The molecule has 200 valence electrons. The van der Waals surface area contributed by atoms with Gasteiger partial charge < -0.3 is 14.6 Å². The minimum atomic E-state index is -0.0513. The van der Waals surface area contributed by atoms with E-state index in [9.17, 15) is 5.11 Å². The highest BCUT2D eigenvalue weighted by Gasteiger charge is 2.33. The summed E-state index contributed by atoms with van der Waals surface area (Å²) in [5, 5.41) is 27.9. The van der Waals surface area contributed by atoms with Gasteiger partial charge in [-0.15, -0.1) is 5.10 Å². The normalized spacial score (nSPS) is 20.6. The molecule has 4 aromatic rings. The van der Waals surface area contributed by atoms with Crippen molar-refractivity contribution in [2.45, 2.75) is 65.0 Å². The number of aliphatic hydroxyl groups excluding tert-OH is 1. The first kappa shape index (κ1) is 24.7. The highest BCUT2D eigenvalue weighted by Crippen LogP contribution is 2.36. The monoisotopic (exact) mass is 517 g/mol. The number of aromatic nitrogens is 6. The lowest BCUT2D eigenvalue weighted by molar-refractivity contribution is 0.0920. The molecular formula is C28H35N7O3. The van der Waals surface area contributed by atoms with Crippen molar-refractivity contribution in [1.82, 2.24) is 34.7 Å². The Bertz CT molecular complexity index is 1480. The average Bonchev–Trinajstić information content (AvgIpc) is 3.66. The van der Waals surface area contributed by atoms with Gasteiger partial charge in [0.05, 0.1) is 53.5 Å². The Morgan fingerprint density at radius 3 is 2.95 bits per heavy atom. The zero-order valence-corrected chi connectivity index (χ0v) is 22.4. The van der Waals surface area contributed by atoms with Crippen LogP contribution in [0.3, 0.4) is 0 Å². The molecule has 10 heteroatoms. The number of benzene rings is 1. The van der Waals surface area contributed by atoms with Gasteiger partial charge in [0.15, 0.2) is 0 Å². The molecule has 3 aromatic heterocycles. The van der Waals surface area contributed by atoms with Crippen LogP contribution in [0.2, 0.25) is 0 Å². The largest absolute Gasteiger partial charge is 0.473 e. The Labute approximate surface area is 221 Å². The average molecular weight is 518 g/mol. The van der Waals surface area contributed by atoms with E-state index in [0.29, 0.717) is 19.0 Å². The molecule has 2 aliphatic rings. The van der Waals surface area contributed by atoms with E-state index < -0.39 is 0 Å². The van der Waals surface area contributed by atoms with Gasteiger partial charge in [-0.05, 0) is 70.0 Å². The van der Waals surface area contributed by atoms with Crippen LogP contribution in [0.4, 0.5) is 0 Å². The van der Waals surface area contributed by atoms with Gasteiger partial charge in [0.2, 0.25) is 11.8 Å². The van der Waals surface area contributed by atoms with Gasteiger partial charge >= 0.3 is 0 Å². The number of aryl methyl sites for hydroxylation is 1. The van der Waals surface area contributed by atoms with Gasteiger partial charge in [-0.1, -0.05) is 6.07 Å². The first-order valence-electron chi connectivity index (χ1n) is 13.4. The minimum absolute atomic E-state index is 0.000869. The number of nitrogens with one attached hydrogen (secondary N) is 1. The maximum absolute atomic E-state index is 9.83. The number of hydrogen-bond donors (Lipinski definition) is 2. The molecule has 0 unspecified atom stereocenters. The number of H-pyrrole nitrogens is 1. The molecule has 2 N–H and O–H groups in total. The molecular weight excluding hydrogens is 482 g/mol. The molecule has 2 bridgehead atoms. The fourth-order valence-corrected chi connectivity index (χ4v) is 5.69. The second-order valence-electron chi connectivity index (χ2n) is 10.5. The van der Waals surface area contributed by atoms with E-state index in [0.717, 1.165) is 64.2 Å². The van der Waals surface area contributed by atoms with Crippen molar-refractivity contribution in [2.24, 2.45) is 7.05 Å². The number of rotatable bonds is 4. The van der Waals surface area contributed by atoms with E-state index in [1.54, 1.807) is 0 Å². The maximum atomic E-state index is 9.83. The third kappa shape index (κ3) is 4.37. The van der Waals surface area contributed by atoms with E-state index >= 15 is 0 Å². The first-order valence-corrected chi connectivity index (χ1v) is 13.4. The van der Waals surface area contributed by atoms with E-state index in [2.05, 4.69) is 45.3 Å². The summed E-state index contributed by atoms with van der Waals surface area (Å²) in [6.07, 6.45) is 8.04. The summed E-state index contributed by atoms with van der Waals surface area (Å²) in [7, 11) is 1.92. The quantitative estimate of drug-likeness (QED) is 0.423. The SMILES string of the molecule is CC(C)Oc1nn(CCO)c2c1/C=C/c1[nH]nc3ccc(cc13)-c1cnn(C)c1O[C@H](C)[C@H]1CCCN1C2. The Morgan fingerprint density at radius 1 is 1.26 bits per heavy atom. The number of nitrogens with zero attached hydrogens (tertiary/aromatic N) is 6. The Kier molecular flexibility index (Phi) is 6.45. The molecule has 2 atom stereocenters. The molecule has 38 heavy (non-hydrogen) atoms. The number of aromatic amines is 1. The Morgan fingerprint density at radius 2 is 2.13 bits per heavy atom. The predicted octanol–water partition coefficient (Wildman–Crippen LogP) is 3.86. The van der Waals surface area contributed by atoms with Crippen LogP contribution in [0.25, 0.3) is 34.2 Å². The van der Waals surface area contributed by atoms with Gasteiger partial charge in [0, 0.05) is 25.0 Å². The highest BCUT2D eigenvalue weighted by molar-refractivity contribution is 5.93. The molecule has 0 radical (unpaired) electrons. The third-order valence-corrected chi connectivity index (χ3v) is 7.53. The van der Waals surface area contributed by atoms with Crippen LogP contribution >= 0.6 is 0 Å². The van der Waals surface area contributed by atoms with E-state index in [1.165, 1.54) is 0 Å². The second-order valence-corrected chi connectivity index (χ2v) is 10.5. The van der Waals surface area contributed by atoms with Crippen LogP contribution < -0.4 is 9.47 Å². The van der Waals surface area contributed by atoms with Crippen LogP contribution in [-0.2, 0) is 20.1 Å². The van der Waals surface area contributed by atoms with Gasteiger partial charge in [-0.2, -0.15) is 10.2 Å². The Hall–Kier alpha value is -3.63. The summed E-state index contributed by atoms with van der Waals surface area (Å²) < 4.78 is 16.5. The predicted molar refractivity (Wildman–Crippen MR) is 146 cm³/mol. The summed E-state index contributed by atoms with van der Waals surface area (Å²) in [4.78, 5) is 2.47. The second kappa shape index (κ2) is 9.92. The van der Waals surface area contributed by atoms with Crippen LogP contribution in [-0.4, -0.2) is 71.2 Å². The highest BCUT2D eigenvalue weighted by atomic mass is 16.5. The molecule has 0 saturated carbocycles. The number of fused-ring (bicyclic) bond motifs is 5. The molecule has 0 amide bonds. The summed E-state index contributed by atoms with van der Waals surface area (Å²) in [5.41, 5.74) is 5.71. The molecule has 1 aromatic carbocycles. The minimum Gasteiger partial charge on any atom is -0.473 e. The summed E-state index contributed by atoms with van der Waals surface area (Å²) in [6.45, 7) is 8.19. The molecule has 0 aliphatic carbocycles. The number of ether oxygens (including phenoxy) is 2. The molecule has 0 spiro atoms. The van der Waals surface area contributed by atoms with Crippen molar-refractivity contribution in [3.05, 3.63) is 41.3 Å². The lowest BCUT2D eigenvalue weighted by atomic mass is 10.0. The van der Waals surface area contributed by atoms with Gasteiger partial charge in [-0.25, -0.2) is 4.68 Å². The number of aliphatic hydroxyl groups is 1. The van der Waals surface area contributed by atoms with Crippen LogP contribution in [0.5, 0.6) is 11.8 Å². The molecule has 1 fully saturated rings. The number of hydrogen-bond acceptors (Lipinski definition) is 7. The van der Waals surface area contributed by atoms with E-state index in [4.69, 9.17) is 14.6 Å². The van der Waals surface area contributed by atoms with Crippen LogP contribution in [0, 0.1) is 0 Å². The molecule has 2 aliphatic heterocycles. The standard InChI is InChI=1S/C28H35N7O3/c1-17(2)37-27-20-8-10-24-21-14-19(7-9-23(21)30-31-24)22-15-29-33(4)28(22)38-18(3)25-6-5-11-34(25)16-26(20)35(32-27)12-13-36/h7-10,14-15,17-18,25,36H,5-6,11-13,16H2,1-4H3,(H,30,31)/b10-8+/t18-,25-/m1/s1. The zero-order valence-electron chi connectivity index (χ0n) is 22.4. The van der Waals surface area contributed by atoms with Crippen molar-refractivity contribution in [1.29, 1.82) is 0 Å². The van der Waals surface area contributed by atoms with Gasteiger partial charge in [0.25, 0.3) is 0 Å². The Balaban J connectivity index is 1.55. The van der Waals surface area contributed by atoms with E-state index in [-0.39, 0.29) is 24.9 Å². The van der Waals surface area contributed by atoms with E-state index in [1.807, 2.05) is 48.6 Å². The lowest BCUT2D eigenvalue weighted by Gasteiger charge is -2.30. The van der Waals surface area contributed by atoms with Crippen LogP contribution in [0.1, 0.15) is 50.6 Å². The fourth-order valence-electron chi connectivity index (χ4n) is 5.69. The first-order chi connectivity index (χ1) is 18.4. The fraction of sp³-hybridized carbons (Fsp3) is 0.464. The third-order valence-electron chi connectivity index (χ3n) is 7.53. The molecule has 10 nitrogen and oxygen atoms in total. The van der Waals surface area contributed by atoms with Crippen molar-refractivity contribution >= 4 is 23.1 Å². The van der Waals surface area contributed by atoms with Crippen molar-refractivity contribution in [3.8, 4) is 22.9 Å². The lowest BCUT2D eigenvalue weighted by Crippen LogP contribution is -2.41. The van der Waals surface area contributed by atoms with Crippen LogP contribution in [0.15, 0.2) is 24.4 Å². The zero-order chi connectivity index (χ0) is 26.4. The molecule has 5 heterocycles. The van der Waals surface area contributed by atoms with Gasteiger partial charge in [-0.3, -0.25) is 14.7 Å². The topological polar surface area (TPSA) is 106 Å². The summed E-state index contributed by atoms with van der Waals surface area (Å²) in [6, 6.07) is 6.45. The summed E-state index contributed by atoms with van der Waals surface area (Å²) in [5.74, 6) is 1.34. The summed E-state index contributed by atoms with van der Waals surface area (Å²) >= 11 is 0. The molecule has 1 saturated heterocycles. The van der Waals surface area contributed by atoms with Crippen molar-refractivity contribution < 1.29 is 14.6 Å². The smallest absolute Gasteiger partial charge is 0.240 e. The van der Waals surface area contributed by atoms with Crippen molar-refractivity contribution in [3.63, 3.8) is 0 Å². The van der Waals surface area contributed by atoms with Gasteiger partial charge in [0.1, 0.15) is 6.10 Å². The maximum Gasteiger partial charge on any atom is 0.240 e. The van der Waals surface area contributed by atoms with Crippen molar-refractivity contribution in [2.75, 3.05) is 13.2 Å². The molecule has 6 rings (SSSR count).